The fourth-order valence-electron chi connectivity index (χ4n) is 4.81. The van der Waals surface area contributed by atoms with E-state index in [1.54, 1.807) is 35.6 Å². The zero-order valence-electron chi connectivity index (χ0n) is 18.9. The van der Waals surface area contributed by atoms with Gasteiger partial charge in [-0.3, -0.25) is 4.79 Å². The Morgan fingerprint density at radius 2 is 1.67 bits per heavy atom. The van der Waals surface area contributed by atoms with Gasteiger partial charge in [-0.2, -0.15) is 4.31 Å². The summed E-state index contributed by atoms with van der Waals surface area (Å²) in [6.45, 7) is 2.34. The lowest BCUT2D eigenvalue weighted by atomic mass is 10.0. The van der Waals surface area contributed by atoms with Crippen molar-refractivity contribution in [2.24, 2.45) is 0 Å². The van der Waals surface area contributed by atoms with Crippen molar-refractivity contribution < 1.29 is 21.6 Å². The van der Waals surface area contributed by atoms with Crippen LogP contribution in [0.25, 0.3) is 0 Å². The van der Waals surface area contributed by atoms with Crippen molar-refractivity contribution in [3.05, 3.63) is 71.3 Å². The number of carbonyl (C=O) groups excluding carboxylic acids is 1. The highest BCUT2D eigenvalue weighted by atomic mass is 32.2. The highest BCUT2D eigenvalue weighted by molar-refractivity contribution is 7.91. The molecule has 2 saturated heterocycles. The van der Waals surface area contributed by atoms with Crippen LogP contribution < -0.4 is 0 Å². The molecule has 33 heavy (non-hydrogen) atoms. The van der Waals surface area contributed by atoms with Crippen LogP contribution in [0.15, 0.2) is 54.6 Å². The number of sulfone groups is 1. The summed E-state index contributed by atoms with van der Waals surface area (Å²) in [4.78, 5) is 14.4. The molecule has 2 aromatic carbocycles. The number of amides is 1. The number of hydrogen-bond donors (Lipinski definition) is 0. The fourth-order valence-corrected chi connectivity index (χ4v) is 8.83. The second kappa shape index (κ2) is 9.19. The van der Waals surface area contributed by atoms with E-state index in [2.05, 4.69) is 0 Å². The minimum absolute atomic E-state index is 0.000240. The number of hydrogen-bond acceptors (Lipinski definition) is 5. The summed E-state index contributed by atoms with van der Waals surface area (Å²) in [5.41, 5.74) is 2.09. The van der Waals surface area contributed by atoms with Gasteiger partial charge in [0.1, 0.15) is 5.25 Å². The van der Waals surface area contributed by atoms with Crippen molar-refractivity contribution in [3.63, 3.8) is 0 Å². The summed E-state index contributed by atoms with van der Waals surface area (Å²) in [7, 11) is -4.97. The summed E-state index contributed by atoms with van der Waals surface area (Å²) < 4.78 is 51.9. The number of benzene rings is 2. The quantitative estimate of drug-likeness (QED) is 0.642. The predicted octanol–water partition coefficient (Wildman–Crippen LogP) is 3.17. The van der Waals surface area contributed by atoms with Crippen LogP contribution in [-0.4, -0.2) is 63.1 Å². The van der Waals surface area contributed by atoms with Gasteiger partial charge in [0.2, 0.25) is 10.0 Å². The normalized spacial score (nSPS) is 25.4. The standard InChI is InChI=1S/C24H30N2O5S2/c1-18(26-15-6-9-23(33(26,30)31)20-7-4-3-5-8-20)19-10-12-21(13-11-19)24(27)25(2)22-14-16-32(28,29)17-22/h3-5,7-8,10-13,18,22-23H,6,9,14-17H2,1-2H3. The predicted molar refractivity (Wildman–Crippen MR) is 128 cm³/mol. The van der Waals surface area contributed by atoms with Crippen LogP contribution in [0.2, 0.25) is 0 Å². The van der Waals surface area contributed by atoms with E-state index in [9.17, 15) is 21.6 Å². The molecule has 4 rings (SSSR count). The first-order chi connectivity index (χ1) is 15.6. The molecule has 0 spiro atoms. The van der Waals surface area contributed by atoms with E-state index in [0.717, 1.165) is 17.5 Å². The lowest BCUT2D eigenvalue weighted by Crippen LogP contribution is -2.41. The van der Waals surface area contributed by atoms with Gasteiger partial charge in [-0.1, -0.05) is 42.5 Å². The van der Waals surface area contributed by atoms with E-state index in [1.165, 1.54) is 4.90 Å². The van der Waals surface area contributed by atoms with E-state index in [0.29, 0.717) is 24.9 Å². The van der Waals surface area contributed by atoms with Crippen molar-refractivity contribution in [1.82, 2.24) is 9.21 Å². The van der Waals surface area contributed by atoms with Gasteiger partial charge >= 0.3 is 0 Å². The van der Waals surface area contributed by atoms with Gasteiger partial charge in [0, 0.05) is 31.2 Å². The van der Waals surface area contributed by atoms with Gasteiger partial charge in [-0.05, 0) is 49.4 Å². The minimum Gasteiger partial charge on any atom is -0.338 e. The molecule has 9 heteroatoms. The lowest BCUT2D eigenvalue weighted by molar-refractivity contribution is 0.0747. The number of rotatable bonds is 5. The third-order valence-electron chi connectivity index (χ3n) is 6.85. The molecule has 3 atom stereocenters. The SMILES string of the molecule is CC(c1ccc(C(=O)N(C)C2CCS(=O)(=O)C2)cc1)N1CCCC(c2ccccc2)S1(=O)=O. The molecule has 0 aromatic heterocycles. The Morgan fingerprint density at radius 3 is 2.27 bits per heavy atom. The topological polar surface area (TPSA) is 91.8 Å². The van der Waals surface area contributed by atoms with Crippen molar-refractivity contribution in [1.29, 1.82) is 0 Å². The zero-order valence-corrected chi connectivity index (χ0v) is 20.6. The molecule has 2 heterocycles. The van der Waals surface area contributed by atoms with Crippen molar-refractivity contribution in [3.8, 4) is 0 Å². The summed E-state index contributed by atoms with van der Waals surface area (Å²) in [6, 6.07) is 15.6. The Morgan fingerprint density at radius 1 is 1.00 bits per heavy atom. The number of sulfonamides is 1. The van der Waals surface area contributed by atoms with Crippen LogP contribution in [0.4, 0.5) is 0 Å². The van der Waals surface area contributed by atoms with Crippen LogP contribution in [0.3, 0.4) is 0 Å². The second-order valence-electron chi connectivity index (χ2n) is 8.97. The van der Waals surface area contributed by atoms with Gasteiger partial charge in [0.05, 0.1) is 11.5 Å². The molecule has 178 valence electrons. The Bertz CT molecular complexity index is 1210. The van der Waals surface area contributed by atoms with Gasteiger partial charge < -0.3 is 4.90 Å². The Hall–Kier alpha value is -2.23. The molecular weight excluding hydrogens is 460 g/mol. The summed E-state index contributed by atoms with van der Waals surface area (Å²) >= 11 is 0. The molecular formula is C24H30N2O5S2. The minimum atomic E-state index is -3.53. The monoisotopic (exact) mass is 490 g/mol. The van der Waals surface area contributed by atoms with Gasteiger partial charge in [-0.15, -0.1) is 0 Å². The van der Waals surface area contributed by atoms with Gasteiger partial charge in [0.15, 0.2) is 9.84 Å². The van der Waals surface area contributed by atoms with Crippen molar-refractivity contribution >= 4 is 25.8 Å². The van der Waals surface area contributed by atoms with Crippen LogP contribution in [0.1, 0.15) is 59.0 Å². The van der Waals surface area contributed by atoms with Crippen molar-refractivity contribution in [2.75, 3.05) is 25.1 Å². The molecule has 0 N–H and O–H groups in total. The average Bonchev–Trinajstić information content (AvgIpc) is 3.17. The first-order valence-corrected chi connectivity index (χ1v) is 14.6. The number of nitrogens with zero attached hydrogens (tertiary/aromatic N) is 2. The molecule has 2 aromatic rings. The maximum Gasteiger partial charge on any atom is 0.253 e. The Kier molecular flexibility index (Phi) is 6.66. The Balaban J connectivity index is 1.50. The largest absolute Gasteiger partial charge is 0.338 e. The highest BCUT2D eigenvalue weighted by Gasteiger charge is 2.39. The zero-order chi connectivity index (χ0) is 23.8. The van der Waals surface area contributed by atoms with Crippen LogP contribution in [0.5, 0.6) is 0 Å². The average molecular weight is 491 g/mol. The van der Waals surface area contributed by atoms with E-state index in [4.69, 9.17) is 0 Å². The van der Waals surface area contributed by atoms with E-state index in [-0.39, 0.29) is 29.5 Å². The maximum absolute atomic E-state index is 13.4. The highest BCUT2D eigenvalue weighted by Crippen LogP contribution is 2.38. The molecule has 0 radical (unpaired) electrons. The molecule has 3 unspecified atom stereocenters. The first kappa shape index (κ1) is 23.9. The number of carbonyl (C=O) groups is 1. The van der Waals surface area contributed by atoms with Crippen molar-refractivity contribution in [2.45, 2.75) is 43.5 Å². The third-order valence-corrected chi connectivity index (χ3v) is 11.0. The molecule has 0 bridgehead atoms. The Labute approximate surface area is 196 Å². The second-order valence-corrected chi connectivity index (χ2v) is 13.3. The molecule has 0 saturated carbocycles. The van der Waals surface area contributed by atoms with Gasteiger partial charge in [-0.25, -0.2) is 16.8 Å². The fraction of sp³-hybridized carbons (Fsp3) is 0.458. The summed E-state index contributed by atoms with van der Waals surface area (Å²) in [5, 5.41) is -0.549. The molecule has 2 aliphatic rings. The maximum atomic E-state index is 13.4. The molecule has 1 amide bonds. The van der Waals surface area contributed by atoms with E-state index < -0.39 is 25.1 Å². The van der Waals surface area contributed by atoms with Crippen LogP contribution >= 0.6 is 0 Å². The third kappa shape index (κ3) is 4.85. The van der Waals surface area contributed by atoms with Gasteiger partial charge in [0.25, 0.3) is 5.91 Å². The van der Waals surface area contributed by atoms with E-state index in [1.807, 2.05) is 37.3 Å². The smallest absolute Gasteiger partial charge is 0.253 e. The summed E-state index contributed by atoms with van der Waals surface area (Å²) in [5.74, 6) is -0.120. The van der Waals surface area contributed by atoms with E-state index >= 15 is 0 Å². The van der Waals surface area contributed by atoms with Crippen LogP contribution in [0, 0.1) is 0 Å². The summed E-state index contributed by atoms with van der Waals surface area (Å²) in [6.07, 6.45) is 1.84. The lowest BCUT2D eigenvalue weighted by Gasteiger charge is -2.36. The molecule has 0 aliphatic carbocycles. The molecule has 2 fully saturated rings. The molecule has 2 aliphatic heterocycles. The first-order valence-electron chi connectivity index (χ1n) is 11.2. The molecule has 7 nitrogen and oxygen atoms in total. The van der Waals surface area contributed by atoms with Crippen LogP contribution in [-0.2, 0) is 19.9 Å².